The number of carbonyl (C=O) groups is 1. The van der Waals surface area contributed by atoms with Crippen molar-refractivity contribution < 1.29 is 18.3 Å². The summed E-state index contributed by atoms with van der Waals surface area (Å²) in [6, 6.07) is 1.65. The lowest BCUT2D eigenvalue weighted by molar-refractivity contribution is -0.137. The normalized spacial score (nSPS) is 11.0. The molecule has 0 saturated heterocycles. The Morgan fingerprint density at radius 3 is 2.94 bits per heavy atom. The molecule has 0 aliphatic heterocycles. The van der Waals surface area contributed by atoms with Gasteiger partial charge >= 0.3 is 5.97 Å². The number of nitriles is 1. The first kappa shape index (κ1) is 13.1. The summed E-state index contributed by atoms with van der Waals surface area (Å²) >= 11 is 0. The molecule has 2 N–H and O–H groups in total. The zero-order chi connectivity index (χ0) is 12.9. The number of hydrogen-bond acceptors (Lipinski definition) is 5. The number of carboxylic acids is 1. The monoisotopic (exact) mass is 258 g/mol. The van der Waals surface area contributed by atoms with Gasteiger partial charge in [-0.25, -0.2) is 8.42 Å². The van der Waals surface area contributed by atoms with Gasteiger partial charge in [0.1, 0.15) is 4.90 Å². The van der Waals surface area contributed by atoms with Gasteiger partial charge in [-0.1, -0.05) is 0 Å². The minimum absolute atomic E-state index is 0.0864. The number of carboxylic acid groups (broad SMARTS) is 1. The van der Waals surface area contributed by atoms with Crippen LogP contribution in [0.5, 0.6) is 0 Å². The molecule has 0 spiro atoms. The fourth-order valence-corrected chi connectivity index (χ4v) is 1.89. The van der Waals surface area contributed by atoms with Crippen molar-refractivity contribution in [3.8, 4) is 6.07 Å². The highest BCUT2D eigenvalue weighted by atomic mass is 32.2. The molecule has 0 aromatic carbocycles. The summed E-state index contributed by atoms with van der Waals surface area (Å²) in [7, 11) is -3.74. The van der Waals surface area contributed by atoms with Crippen LogP contribution in [0.3, 0.4) is 0 Å². The second kappa shape index (κ2) is 5.42. The Morgan fingerprint density at radius 1 is 1.65 bits per heavy atom. The SMILES string of the molecule is N#CCNS(=O)(=O)c1cnn(CCC(=O)O)c1. The van der Waals surface area contributed by atoms with E-state index in [4.69, 9.17) is 10.4 Å². The summed E-state index contributed by atoms with van der Waals surface area (Å²) in [5, 5.41) is 20.4. The van der Waals surface area contributed by atoms with E-state index in [9.17, 15) is 13.2 Å². The number of nitrogens with one attached hydrogen (secondary N) is 1. The lowest BCUT2D eigenvalue weighted by Crippen LogP contribution is -2.23. The maximum atomic E-state index is 11.5. The number of rotatable bonds is 6. The van der Waals surface area contributed by atoms with E-state index >= 15 is 0 Å². The number of aryl methyl sites for hydroxylation is 1. The van der Waals surface area contributed by atoms with Gasteiger partial charge in [-0.2, -0.15) is 15.1 Å². The topological polar surface area (TPSA) is 125 Å². The molecule has 0 bridgehead atoms. The van der Waals surface area contributed by atoms with Crippen molar-refractivity contribution in [3.63, 3.8) is 0 Å². The highest BCUT2D eigenvalue weighted by Crippen LogP contribution is 2.06. The summed E-state index contributed by atoms with van der Waals surface area (Å²) in [4.78, 5) is 10.2. The Kier molecular flexibility index (Phi) is 4.19. The standard InChI is InChI=1S/C8H10N4O4S/c9-2-3-11-17(15,16)7-5-10-12(6-7)4-1-8(13)14/h5-6,11H,1,3-4H2,(H,13,14). The average molecular weight is 258 g/mol. The molecule has 17 heavy (non-hydrogen) atoms. The van der Waals surface area contributed by atoms with Crippen LogP contribution in [0.2, 0.25) is 0 Å². The van der Waals surface area contributed by atoms with Crippen molar-refractivity contribution in [1.82, 2.24) is 14.5 Å². The van der Waals surface area contributed by atoms with Crippen molar-refractivity contribution in [1.29, 1.82) is 5.26 Å². The van der Waals surface area contributed by atoms with Crippen molar-refractivity contribution in [2.24, 2.45) is 0 Å². The maximum absolute atomic E-state index is 11.5. The third kappa shape index (κ3) is 3.86. The molecule has 0 aliphatic rings. The van der Waals surface area contributed by atoms with Gasteiger partial charge in [0.25, 0.3) is 0 Å². The Hall–Kier alpha value is -1.92. The number of nitrogens with zero attached hydrogens (tertiary/aromatic N) is 3. The van der Waals surface area contributed by atoms with E-state index in [0.717, 1.165) is 6.20 Å². The lowest BCUT2D eigenvalue weighted by Gasteiger charge is -1.99. The van der Waals surface area contributed by atoms with Crippen LogP contribution in [0.15, 0.2) is 17.3 Å². The lowest BCUT2D eigenvalue weighted by atomic mass is 10.4. The van der Waals surface area contributed by atoms with Gasteiger partial charge in [0.2, 0.25) is 10.0 Å². The third-order valence-corrected chi connectivity index (χ3v) is 3.17. The van der Waals surface area contributed by atoms with Crippen LogP contribution in [0.4, 0.5) is 0 Å². The van der Waals surface area contributed by atoms with Crippen LogP contribution in [0, 0.1) is 11.3 Å². The highest BCUT2D eigenvalue weighted by Gasteiger charge is 2.15. The molecule has 92 valence electrons. The molecule has 1 aromatic heterocycles. The molecule has 0 atom stereocenters. The molecule has 0 aliphatic carbocycles. The zero-order valence-corrected chi connectivity index (χ0v) is 9.51. The maximum Gasteiger partial charge on any atom is 0.305 e. The summed E-state index contributed by atoms with van der Waals surface area (Å²) < 4.78 is 26.3. The van der Waals surface area contributed by atoms with Crippen LogP contribution in [-0.2, 0) is 21.4 Å². The van der Waals surface area contributed by atoms with Crippen molar-refractivity contribution in [2.75, 3.05) is 6.54 Å². The van der Waals surface area contributed by atoms with Crippen molar-refractivity contribution in [2.45, 2.75) is 17.9 Å². The predicted molar refractivity (Wildman–Crippen MR) is 55.3 cm³/mol. The van der Waals surface area contributed by atoms with E-state index in [1.165, 1.54) is 10.9 Å². The van der Waals surface area contributed by atoms with E-state index in [1.807, 2.05) is 4.72 Å². The molecule has 0 saturated carbocycles. The second-order valence-electron chi connectivity index (χ2n) is 3.07. The fourth-order valence-electron chi connectivity index (χ4n) is 1.03. The number of aliphatic carboxylic acids is 1. The summed E-state index contributed by atoms with van der Waals surface area (Å²) in [6.07, 6.45) is 2.16. The van der Waals surface area contributed by atoms with Crippen molar-refractivity contribution >= 4 is 16.0 Å². The minimum atomic E-state index is -3.74. The molecule has 1 heterocycles. The van der Waals surface area contributed by atoms with Gasteiger partial charge in [-0.05, 0) is 0 Å². The Bertz CT molecular complexity index is 542. The number of hydrogen-bond donors (Lipinski definition) is 2. The van der Waals surface area contributed by atoms with E-state index in [0.29, 0.717) is 0 Å². The third-order valence-electron chi connectivity index (χ3n) is 1.82. The van der Waals surface area contributed by atoms with Gasteiger partial charge in [-0.3, -0.25) is 9.48 Å². The molecule has 8 nitrogen and oxygen atoms in total. The summed E-state index contributed by atoms with van der Waals surface area (Å²) in [5.41, 5.74) is 0. The smallest absolute Gasteiger partial charge is 0.305 e. The van der Waals surface area contributed by atoms with E-state index in [-0.39, 0.29) is 24.4 Å². The van der Waals surface area contributed by atoms with E-state index in [2.05, 4.69) is 5.10 Å². The first-order chi connectivity index (χ1) is 7.95. The molecule has 1 rings (SSSR count). The van der Waals surface area contributed by atoms with Gasteiger partial charge in [0.05, 0.1) is 31.8 Å². The van der Waals surface area contributed by atoms with E-state index in [1.54, 1.807) is 6.07 Å². The second-order valence-corrected chi connectivity index (χ2v) is 4.83. The molecular formula is C8H10N4O4S. The van der Waals surface area contributed by atoms with Crippen LogP contribution < -0.4 is 4.72 Å². The van der Waals surface area contributed by atoms with Crippen molar-refractivity contribution in [3.05, 3.63) is 12.4 Å². The van der Waals surface area contributed by atoms with Crippen LogP contribution in [-0.4, -0.2) is 35.8 Å². The first-order valence-electron chi connectivity index (χ1n) is 4.56. The minimum Gasteiger partial charge on any atom is -0.481 e. The van der Waals surface area contributed by atoms with Gasteiger partial charge in [-0.15, -0.1) is 0 Å². The van der Waals surface area contributed by atoms with Gasteiger partial charge in [0.15, 0.2) is 0 Å². The predicted octanol–water partition coefficient (Wildman–Crippen LogP) is -0.840. The zero-order valence-electron chi connectivity index (χ0n) is 8.70. The summed E-state index contributed by atoms with van der Waals surface area (Å²) in [5.74, 6) is -0.993. The van der Waals surface area contributed by atoms with Gasteiger partial charge in [0, 0.05) is 6.20 Å². The average Bonchev–Trinajstić information content (AvgIpc) is 2.73. The number of sulfonamides is 1. The Morgan fingerprint density at radius 2 is 2.35 bits per heavy atom. The molecule has 9 heteroatoms. The molecule has 0 amide bonds. The summed E-state index contributed by atoms with van der Waals surface area (Å²) in [6.45, 7) is -0.244. The molecule has 0 fully saturated rings. The van der Waals surface area contributed by atoms with E-state index < -0.39 is 16.0 Å². The Labute approximate surface area is 97.5 Å². The molecular weight excluding hydrogens is 248 g/mol. The highest BCUT2D eigenvalue weighted by molar-refractivity contribution is 7.89. The van der Waals surface area contributed by atoms with Crippen LogP contribution in [0.25, 0.3) is 0 Å². The Balaban J connectivity index is 2.74. The largest absolute Gasteiger partial charge is 0.481 e. The quantitative estimate of drug-likeness (QED) is 0.641. The number of aromatic nitrogens is 2. The fraction of sp³-hybridized carbons (Fsp3) is 0.375. The molecule has 1 aromatic rings. The van der Waals surface area contributed by atoms with Crippen LogP contribution in [0.1, 0.15) is 6.42 Å². The first-order valence-corrected chi connectivity index (χ1v) is 6.05. The van der Waals surface area contributed by atoms with Crippen LogP contribution >= 0.6 is 0 Å². The molecule has 0 radical (unpaired) electrons. The molecule has 0 unspecified atom stereocenters. The van der Waals surface area contributed by atoms with Gasteiger partial charge < -0.3 is 5.11 Å².